The molecule has 5 heterocycles. The van der Waals surface area contributed by atoms with Crippen LogP contribution in [0, 0.1) is 25.5 Å². The second-order valence-corrected chi connectivity index (χ2v) is 9.50. The first-order valence-electron chi connectivity index (χ1n) is 12.2. The van der Waals surface area contributed by atoms with Gasteiger partial charge in [0.1, 0.15) is 28.9 Å². The smallest absolute Gasteiger partial charge is 0.277 e. The van der Waals surface area contributed by atoms with Crippen molar-refractivity contribution in [2.75, 3.05) is 18.0 Å². The van der Waals surface area contributed by atoms with Crippen LogP contribution in [-0.4, -0.2) is 37.6 Å². The number of anilines is 1. The number of piperidine rings is 1. The van der Waals surface area contributed by atoms with Crippen LogP contribution in [0.4, 0.5) is 14.7 Å². The van der Waals surface area contributed by atoms with E-state index in [0.29, 0.717) is 34.8 Å². The Bertz CT molecular complexity index is 1560. The monoisotopic (exact) mass is 538 g/mol. The van der Waals surface area contributed by atoms with Gasteiger partial charge in [0.05, 0.1) is 23.3 Å². The summed E-state index contributed by atoms with van der Waals surface area (Å²) >= 11 is 6.39. The van der Waals surface area contributed by atoms with Gasteiger partial charge in [-0.2, -0.15) is 0 Å². The first kappa shape index (κ1) is 25.7. The van der Waals surface area contributed by atoms with Crippen molar-refractivity contribution >= 4 is 17.5 Å². The van der Waals surface area contributed by atoms with E-state index in [1.54, 1.807) is 37.5 Å². The summed E-state index contributed by atoms with van der Waals surface area (Å²) in [6, 6.07) is 5.88. The van der Waals surface area contributed by atoms with E-state index in [4.69, 9.17) is 21.3 Å². The minimum absolute atomic E-state index is 0.0739. The quantitative estimate of drug-likeness (QED) is 0.333. The van der Waals surface area contributed by atoms with E-state index < -0.39 is 17.2 Å². The van der Waals surface area contributed by atoms with E-state index in [0.717, 1.165) is 37.7 Å². The SMILES string of the molecule is Cc1cnc(-c2ccnc(N3CCCCC3)n2)cc1-n1c(C)cc(OCc2ncc(F)cc2F)c(Cl)c1=O. The lowest BCUT2D eigenvalue weighted by Gasteiger charge is -2.26. The maximum absolute atomic E-state index is 14.0. The average molecular weight is 539 g/mol. The standard InChI is InChI=1S/C27H25ClF2N6O2/c1-16-13-32-21(20-6-7-31-27(34-20)35-8-4-3-5-9-35)12-23(16)36-17(2)10-24(25(28)26(36)37)38-15-22-19(30)11-18(29)14-33-22/h6-7,10-14H,3-5,8-9,15H2,1-2H3. The Hall–Kier alpha value is -3.92. The Kier molecular flexibility index (Phi) is 7.33. The molecule has 1 aliphatic heterocycles. The fourth-order valence-electron chi connectivity index (χ4n) is 4.41. The van der Waals surface area contributed by atoms with Crippen LogP contribution in [0.5, 0.6) is 5.75 Å². The topological polar surface area (TPSA) is 86.0 Å². The van der Waals surface area contributed by atoms with Crippen LogP contribution in [0.3, 0.4) is 0 Å². The number of hydrogen-bond donors (Lipinski definition) is 0. The third-order valence-corrected chi connectivity index (χ3v) is 6.76. The van der Waals surface area contributed by atoms with Gasteiger partial charge in [-0.1, -0.05) is 11.6 Å². The van der Waals surface area contributed by atoms with E-state index in [1.165, 1.54) is 11.0 Å². The molecule has 11 heteroatoms. The summed E-state index contributed by atoms with van der Waals surface area (Å²) < 4.78 is 34.1. The van der Waals surface area contributed by atoms with Crippen LogP contribution in [0.2, 0.25) is 5.02 Å². The van der Waals surface area contributed by atoms with Gasteiger partial charge < -0.3 is 9.64 Å². The van der Waals surface area contributed by atoms with E-state index in [-0.39, 0.29) is 23.1 Å². The average Bonchev–Trinajstić information content (AvgIpc) is 2.92. The lowest BCUT2D eigenvalue weighted by Crippen LogP contribution is -2.31. The minimum atomic E-state index is -0.848. The molecule has 1 saturated heterocycles. The van der Waals surface area contributed by atoms with Gasteiger partial charge in [0, 0.05) is 43.3 Å². The van der Waals surface area contributed by atoms with E-state index in [9.17, 15) is 13.6 Å². The Labute approximate surface area is 222 Å². The predicted molar refractivity (Wildman–Crippen MR) is 140 cm³/mol. The van der Waals surface area contributed by atoms with Gasteiger partial charge in [-0.25, -0.2) is 18.7 Å². The summed E-state index contributed by atoms with van der Waals surface area (Å²) in [5.74, 6) is -0.903. The highest BCUT2D eigenvalue weighted by Gasteiger charge is 2.19. The third-order valence-electron chi connectivity index (χ3n) is 6.41. The Morgan fingerprint density at radius 1 is 1.00 bits per heavy atom. The van der Waals surface area contributed by atoms with Crippen LogP contribution < -0.4 is 15.2 Å². The van der Waals surface area contributed by atoms with Crippen LogP contribution in [0.25, 0.3) is 17.1 Å². The van der Waals surface area contributed by atoms with Crippen molar-refractivity contribution in [1.82, 2.24) is 24.5 Å². The van der Waals surface area contributed by atoms with Gasteiger partial charge in [-0.05, 0) is 50.8 Å². The van der Waals surface area contributed by atoms with Gasteiger partial charge in [0.25, 0.3) is 5.56 Å². The van der Waals surface area contributed by atoms with E-state index in [1.807, 2.05) is 6.92 Å². The largest absolute Gasteiger partial charge is 0.485 e. The predicted octanol–water partition coefficient (Wildman–Crippen LogP) is 5.20. The molecule has 1 fully saturated rings. The zero-order valence-corrected chi connectivity index (χ0v) is 21.7. The van der Waals surface area contributed by atoms with Crippen molar-refractivity contribution in [2.45, 2.75) is 39.7 Å². The van der Waals surface area contributed by atoms with Crippen LogP contribution in [-0.2, 0) is 6.61 Å². The number of halogens is 3. The molecule has 0 aliphatic carbocycles. The van der Waals surface area contributed by atoms with E-state index in [2.05, 4.69) is 19.9 Å². The summed E-state index contributed by atoms with van der Waals surface area (Å²) in [4.78, 5) is 32.9. The normalized spacial score (nSPS) is 13.6. The molecule has 0 unspecified atom stereocenters. The fourth-order valence-corrected chi connectivity index (χ4v) is 4.61. The molecule has 0 amide bonds. The maximum atomic E-state index is 14.0. The molecule has 0 atom stereocenters. The van der Waals surface area contributed by atoms with Crippen molar-refractivity contribution in [3.8, 4) is 22.8 Å². The molecule has 5 rings (SSSR count). The molecular weight excluding hydrogens is 514 g/mol. The first-order chi connectivity index (χ1) is 18.3. The van der Waals surface area contributed by atoms with Gasteiger partial charge in [0.2, 0.25) is 5.95 Å². The van der Waals surface area contributed by atoms with Crippen molar-refractivity contribution < 1.29 is 13.5 Å². The van der Waals surface area contributed by atoms with Crippen LogP contribution in [0.1, 0.15) is 36.2 Å². The van der Waals surface area contributed by atoms with Gasteiger partial charge in [-0.3, -0.25) is 19.3 Å². The Morgan fingerprint density at radius 3 is 2.55 bits per heavy atom. The molecule has 8 nitrogen and oxygen atoms in total. The van der Waals surface area contributed by atoms with Crippen molar-refractivity contribution in [3.63, 3.8) is 0 Å². The number of pyridine rings is 3. The molecule has 0 bridgehead atoms. The summed E-state index contributed by atoms with van der Waals surface area (Å²) in [6.07, 6.45) is 7.72. The van der Waals surface area contributed by atoms with Gasteiger partial charge >= 0.3 is 0 Å². The van der Waals surface area contributed by atoms with Crippen LogP contribution >= 0.6 is 11.6 Å². The highest BCUT2D eigenvalue weighted by atomic mass is 35.5. The maximum Gasteiger partial charge on any atom is 0.277 e. The molecule has 0 saturated carbocycles. The molecule has 4 aromatic heterocycles. The molecule has 1 aliphatic rings. The summed E-state index contributed by atoms with van der Waals surface area (Å²) in [5, 5.41) is -0.176. The Morgan fingerprint density at radius 2 is 1.79 bits per heavy atom. The molecule has 0 aromatic carbocycles. The molecule has 38 heavy (non-hydrogen) atoms. The van der Waals surface area contributed by atoms with E-state index >= 15 is 0 Å². The number of hydrogen-bond acceptors (Lipinski definition) is 7. The lowest BCUT2D eigenvalue weighted by molar-refractivity contribution is 0.292. The van der Waals surface area contributed by atoms with Crippen molar-refractivity contribution in [1.29, 1.82) is 0 Å². The van der Waals surface area contributed by atoms with Gasteiger partial charge in [0.15, 0.2) is 5.82 Å². The number of rotatable bonds is 6. The zero-order valence-electron chi connectivity index (χ0n) is 20.9. The number of nitrogens with zero attached hydrogens (tertiary/aromatic N) is 6. The third kappa shape index (κ3) is 5.22. The number of aryl methyl sites for hydroxylation is 2. The molecule has 0 radical (unpaired) electrons. The molecule has 4 aromatic rings. The second-order valence-electron chi connectivity index (χ2n) is 9.12. The Balaban J connectivity index is 1.47. The number of ether oxygens (including phenoxy) is 1. The highest BCUT2D eigenvalue weighted by Crippen LogP contribution is 2.27. The second kappa shape index (κ2) is 10.8. The van der Waals surface area contributed by atoms with Crippen LogP contribution in [0.15, 0.2) is 47.7 Å². The summed E-state index contributed by atoms with van der Waals surface area (Å²) in [6.45, 7) is 5.10. The fraction of sp³-hybridized carbons (Fsp3) is 0.296. The molecule has 0 N–H and O–H groups in total. The van der Waals surface area contributed by atoms with Gasteiger partial charge in [-0.15, -0.1) is 0 Å². The number of aromatic nitrogens is 5. The lowest BCUT2D eigenvalue weighted by atomic mass is 10.1. The minimum Gasteiger partial charge on any atom is -0.485 e. The molecular formula is C27H25ClF2N6O2. The summed E-state index contributed by atoms with van der Waals surface area (Å²) in [5.41, 5.74) is 2.51. The molecule has 0 spiro atoms. The van der Waals surface area contributed by atoms with Crippen molar-refractivity contribution in [3.05, 3.63) is 86.8 Å². The molecule has 196 valence electrons. The van der Waals surface area contributed by atoms with Crippen molar-refractivity contribution in [2.24, 2.45) is 0 Å². The first-order valence-corrected chi connectivity index (χ1v) is 12.6. The summed E-state index contributed by atoms with van der Waals surface area (Å²) in [7, 11) is 0. The zero-order chi connectivity index (χ0) is 26.8. The highest BCUT2D eigenvalue weighted by molar-refractivity contribution is 6.31.